The molecule has 5 rings (SSSR count). The van der Waals surface area contributed by atoms with E-state index >= 15 is 0 Å². The standard InChI is InChI=1S/C26H32N4O2/c1-18-22-11-12-23(31)30(16-20-9-3-2-4-10-20)26(22)28-25(27-18)21-13-14-29(17-21)24(32)15-19-7-5-6-8-19/h2-4,9-10,19,21H,5-8,11-17H2,1H3/t21-/m0/s1. The van der Waals surface area contributed by atoms with Gasteiger partial charge in [-0.1, -0.05) is 43.2 Å². The number of carbonyl (C=O) groups is 2. The third-order valence-electron chi connectivity index (χ3n) is 7.38. The zero-order valence-corrected chi connectivity index (χ0v) is 18.9. The molecule has 1 aliphatic carbocycles. The van der Waals surface area contributed by atoms with Gasteiger partial charge in [0.05, 0.1) is 6.54 Å². The van der Waals surface area contributed by atoms with Crippen LogP contribution in [0.3, 0.4) is 0 Å². The van der Waals surface area contributed by atoms with Crippen LogP contribution in [0.4, 0.5) is 5.82 Å². The summed E-state index contributed by atoms with van der Waals surface area (Å²) in [4.78, 5) is 39.2. The number of hydrogen-bond donors (Lipinski definition) is 0. The Morgan fingerprint density at radius 3 is 2.62 bits per heavy atom. The number of fused-ring (bicyclic) bond motifs is 1. The number of rotatable bonds is 5. The van der Waals surface area contributed by atoms with E-state index in [-0.39, 0.29) is 17.7 Å². The van der Waals surface area contributed by atoms with Gasteiger partial charge in [0.15, 0.2) is 0 Å². The predicted octanol–water partition coefficient (Wildman–Crippen LogP) is 4.16. The second kappa shape index (κ2) is 9.00. The van der Waals surface area contributed by atoms with E-state index in [2.05, 4.69) is 0 Å². The maximum Gasteiger partial charge on any atom is 0.228 e. The van der Waals surface area contributed by atoms with Gasteiger partial charge in [0, 0.05) is 43.1 Å². The summed E-state index contributed by atoms with van der Waals surface area (Å²) in [5.41, 5.74) is 3.14. The molecular formula is C26H32N4O2. The zero-order valence-electron chi connectivity index (χ0n) is 18.9. The number of hydrogen-bond acceptors (Lipinski definition) is 4. The molecular weight excluding hydrogens is 400 g/mol. The summed E-state index contributed by atoms with van der Waals surface area (Å²) in [7, 11) is 0. The average Bonchev–Trinajstić information content (AvgIpc) is 3.49. The number of carbonyl (C=O) groups excluding carboxylic acids is 2. The lowest BCUT2D eigenvalue weighted by Crippen LogP contribution is -2.36. The van der Waals surface area contributed by atoms with E-state index in [1.165, 1.54) is 25.7 Å². The minimum atomic E-state index is 0.116. The molecule has 0 unspecified atom stereocenters. The van der Waals surface area contributed by atoms with Crippen molar-refractivity contribution < 1.29 is 9.59 Å². The first kappa shape index (κ1) is 21.1. The summed E-state index contributed by atoms with van der Waals surface area (Å²) in [5.74, 6) is 2.66. The third-order valence-corrected chi connectivity index (χ3v) is 7.38. The van der Waals surface area contributed by atoms with Gasteiger partial charge in [0.25, 0.3) is 0 Å². The smallest absolute Gasteiger partial charge is 0.228 e. The van der Waals surface area contributed by atoms with Gasteiger partial charge in [-0.2, -0.15) is 0 Å². The van der Waals surface area contributed by atoms with Gasteiger partial charge in [0.1, 0.15) is 11.6 Å². The minimum absolute atomic E-state index is 0.116. The zero-order chi connectivity index (χ0) is 22.1. The molecule has 1 saturated carbocycles. The van der Waals surface area contributed by atoms with Crippen LogP contribution in [0, 0.1) is 12.8 Å². The van der Waals surface area contributed by atoms with Crippen molar-refractivity contribution in [1.82, 2.24) is 14.9 Å². The van der Waals surface area contributed by atoms with Crippen LogP contribution >= 0.6 is 0 Å². The van der Waals surface area contributed by atoms with Crippen LogP contribution in [-0.2, 0) is 22.6 Å². The van der Waals surface area contributed by atoms with Gasteiger partial charge in [-0.25, -0.2) is 9.97 Å². The molecule has 0 spiro atoms. The highest BCUT2D eigenvalue weighted by Crippen LogP contribution is 2.34. The van der Waals surface area contributed by atoms with Gasteiger partial charge in [-0.15, -0.1) is 0 Å². The highest BCUT2D eigenvalue weighted by Gasteiger charge is 2.33. The maximum absolute atomic E-state index is 12.8. The van der Waals surface area contributed by atoms with E-state index in [9.17, 15) is 9.59 Å². The van der Waals surface area contributed by atoms with Crippen LogP contribution in [-0.4, -0.2) is 39.8 Å². The molecule has 168 valence electrons. The van der Waals surface area contributed by atoms with Crippen molar-refractivity contribution in [2.24, 2.45) is 5.92 Å². The Kier molecular flexibility index (Phi) is 5.94. The lowest BCUT2D eigenvalue weighted by atomic mass is 10.0. The fraction of sp³-hybridized carbons (Fsp3) is 0.538. The predicted molar refractivity (Wildman–Crippen MR) is 123 cm³/mol. The number of amides is 2. The largest absolute Gasteiger partial charge is 0.342 e. The lowest BCUT2D eigenvalue weighted by molar-refractivity contribution is -0.131. The Morgan fingerprint density at radius 1 is 1.06 bits per heavy atom. The molecule has 2 aromatic rings. The monoisotopic (exact) mass is 432 g/mol. The van der Waals surface area contributed by atoms with Gasteiger partial charge in [0.2, 0.25) is 11.8 Å². The first-order valence-corrected chi connectivity index (χ1v) is 12.1. The number of aromatic nitrogens is 2. The number of nitrogens with zero attached hydrogens (tertiary/aromatic N) is 4. The minimum Gasteiger partial charge on any atom is -0.342 e. The van der Waals surface area contributed by atoms with Crippen molar-refractivity contribution in [3.05, 3.63) is 53.0 Å². The summed E-state index contributed by atoms with van der Waals surface area (Å²) in [6.07, 6.45) is 7.70. The van der Waals surface area contributed by atoms with E-state index in [0.29, 0.717) is 38.3 Å². The van der Waals surface area contributed by atoms with Crippen molar-refractivity contribution in [2.45, 2.75) is 70.8 Å². The molecule has 6 heteroatoms. The van der Waals surface area contributed by atoms with Gasteiger partial charge in [-0.05, 0) is 44.1 Å². The van der Waals surface area contributed by atoms with Gasteiger partial charge in [-0.3, -0.25) is 14.5 Å². The molecule has 0 N–H and O–H groups in total. The molecule has 2 fully saturated rings. The van der Waals surface area contributed by atoms with Crippen molar-refractivity contribution >= 4 is 17.6 Å². The Labute approximate surface area is 190 Å². The summed E-state index contributed by atoms with van der Waals surface area (Å²) in [6.45, 7) is 4.02. The molecule has 2 amide bonds. The van der Waals surface area contributed by atoms with E-state index in [0.717, 1.165) is 41.4 Å². The number of benzene rings is 1. The van der Waals surface area contributed by atoms with Crippen LogP contribution in [0.25, 0.3) is 0 Å². The molecule has 2 aliphatic heterocycles. The first-order valence-electron chi connectivity index (χ1n) is 12.1. The van der Waals surface area contributed by atoms with Crippen LogP contribution < -0.4 is 4.90 Å². The second-order valence-electron chi connectivity index (χ2n) is 9.61. The number of aryl methyl sites for hydroxylation is 1. The molecule has 1 aromatic carbocycles. The Balaban J connectivity index is 1.35. The van der Waals surface area contributed by atoms with E-state index in [1.807, 2.05) is 47.1 Å². The lowest BCUT2D eigenvalue weighted by Gasteiger charge is -2.30. The van der Waals surface area contributed by atoms with E-state index in [4.69, 9.17) is 9.97 Å². The SMILES string of the molecule is Cc1nc([C@H]2CCN(C(=O)CC3CCCC3)C2)nc2c1CCC(=O)N2Cc1ccccc1. The van der Waals surface area contributed by atoms with E-state index in [1.54, 1.807) is 0 Å². The average molecular weight is 433 g/mol. The first-order chi connectivity index (χ1) is 15.6. The second-order valence-corrected chi connectivity index (χ2v) is 9.61. The van der Waals surface area contributed by atoms with Crippen molar-refractivity contribution in [1.29, 1.82) is 0 Å². The highest BCUT2D eigenvalue weighted by atomic mass is 16.2. The molecule has 1 atom stereocenters. The molecule has 32 heavy (non-hydrogen) atoms. The molecule has 1 saturated heterocycles. The molecule has 0 radical (unpaired) electrons. The molecule has 6 nitrogen and oxygen atoms in total. The van der Waals surface area contributed by atoms with Crippen molar-refractivity contribution in [3.8, 4) is 0 Å². The fourth-order valence-corrected chi connectivity index (χ4v) is 5.50. The van der Waals surface area contributed by atoms with Gasteiger partial charge >= 0.3 is 0 Å². The highest BCUT2D eigenvalue weighted by molar-refractivity contribution is 5.95. The van der Waals surface area contributed by atoms with Gasteiger partial charge < -0.3 is 4.90 Å². The summed E-state index contributed by atoms with van der Waals surface area (Å²) < 4.78 is 0. The summed E-state index contributed by atoms with van der Waals surface area (Å²) in [6, 6.07) is 10.1. The summed E-state index contributed by atoms with van der Waals surface area (Å²) in [5, 5.41) is 0. The Hall–Kier alpha value is -2.76. The van der Waals surface area contributed by atoms with Crippen LogP contribution in [0.15, 0.2) is 30.3 Å². The number of anilines is 1. The molecule has 1 aromatic heterocycles. The fourth-order valence-electron chi connectivity index (χ4n) is 5.50. The van der Waals surface area contributed by atoms with Crippen LogP contribution in [0.1, 0.15) is 73.5 Å². The topological polar surface area (TPSA) is 66.4 Å². The van der Waals surface area contributed by atoms with Crippen molar-refractivity contribution in [3.63, 3.8) is 0 Å². The van der Waals surface area contributed by atoms with Crippen LogP contribution in [0.5, 0.6) is 0 Å². The molecule has 3 heterocycles. The molecule has 0 bridgehead atoms. The Bertz CT molecular complexity index is 1000. The molecule has 3 aliphatic rings. The number of likely N-dealkylation sites (tertiary alicyclic amines) is 1. The normalized spacial score (nSPS) is 21.3. The summed E-state index contributed by atoms with van der Waals surface area (Å²) >= 11 is 0. The van der Waals surface area contributed by atoms with E-state index < -0.39 is 0 Å². The van der Waals surface area contributed by atoms with Crippen molar-refractivity contribution in [2.75, 3.05) is 18.0 Å². The maximum atomic E-state index is 12.8. The van der Waals surface area contributed by atoms with Crippen LogP contribution in [0.2, 0.25) is 0 Å². The third kappa shape index (κ3) is 4.27. The Morgan fingerprint density at radius 2 is 1.84 bits per heavy atom. The quantitative estimate of drug-likeness (QED) is 0.712.